The maximum atomic E-state index is 4.25. The van der Waals surface area contributed by atoms with Crippen LogP contribution in [0, 0.1) is 13.2 Å². The molecule has 5 heavy (non-hydrogen) atoms. The van der Waals surface area contributed by atoms with Gasteiger partial charge in [-0.2, -0.15) is 0 Å². The maximum Gasteiger partial charge on any atom is 2.00 e. The zero-order valence-corrected chi connectivity index (χ0v) is 7.31. The van der Waals surface area contributed by atoms with Crippen molar-refractivity contribution in [1.29, 1.82) is 0 Å². The Bertz CT molecular complexity index is 5.61. The van der Waals surface area contributed by atoms with Gasteiger partial charge in [-0.3, -0.25) is 13.2 Å². The minimum atomic E-state index is 0. The van der Waals surface area contributed by atoms with Crippen molar-refractivity contribution in [2.45, 2.75) is 0 Å². The van der Waals surface area contributed by atoms with Crippen molar-refractivity contribution in [3.63, 3.8) is 0 Å². The molecule has 0 aromatic heterocycles. The van der Waals surface area contributed by atoms with Crippen molar-refractivity contribution in [3.05, 3.63) is 26.3 Å². The van der Waals surface area contributed by atoms with E-state index in [1.807, 2.05) is 0 Å². The zero-order chi connectivity index (χ0) is 4.00. The van der Waals surface area contributed by atoms with Gasteiger partial charge < -0.3 is 13.2 Å². The summed E-state index contributed by atoms with van der Waals surface area (Å²) in [4.78, 5) is 0. The quantitative estimate of drug-likeness (QED) is 0.375. The van der Waals surface area contributed by atoms with Crippen molar-refractivity contribution in [1.82, 2.24) is 0 Å². The van der Waals surface area contributed by atoms with Crippen molar-refractivity contribution < 1.29 is 27.3 Å². The second-order valence-electron chi connectivity index (χ2n) is 0. The molecule has 0 aliphatic rings. The first-order chi connectivity index (χ1) is 2.00. The monoisotopic (exact) mass is 168 g/mol. The first-order valence-electron chi connectivity index (χ1n) is 0.816. The van der Waals surface area contributed by atoms with Gasteiger partial charge in [-0.15, -0.1) is 0 Å². The van der Waals surface area contributed by atoms with Crippen LogP contribution in [-0.2, 0) is 27.3 Å². The summed E-state index contributed by atoms with van der Waals surface area (Å²) in [6.07, 6.45) is 0. The Morgan fingerprint density at radius 3 is 0.800 bits per heavy atom. The average molecular weight is 167 g/mol. The molecule has 0 aromatic rings. The molecule has 0 saturated heterocycles. The fourth-order valence-electron chi connectivity index (χ4n) is 0. The molecular formula is C4H6Cd. The van der Waals surface area contributed by atoms with E-state index in [9.17, 15) is 0 Å². The molecule has 0 aliphatic heterocycles. The van der Waals surface area contributed by atoms with Crippen molar-refractivity contribution in [2.24, 2.45) is 0 Å². The molecule has 24 valence electrons. The van der Waals surface area contributed by atoms with E-state index in [0.717, 1.165) is 0 Å². The predicted octanol–water partition coefficient (Wildman–Crippen LogP) is 1.21. The van der Waals surface area contributed by atoms with Gasteiger partial charge in [0.1, 0.15) is 0 Å². The Balaban J connectivity index is -0.0000000133. The van der Waals surface area contributed by atoms with Gasteiger partial charge in [-0.1, -0.05) is 0 Å². The molecule has 0 spiro atoms. The Kier molecular flexibility index (Phi) is 1140. The average Bonchev–Trinajstić information content (AvgIpc) is 1.50. The van der Waals surface area contributed by atoms with Crippen molar-refractivity contribution in [2.75, 3.05) is 0 Å². The zero-order valence-electron chi connectivity index (χ0n) is 3.28. The van der Waals surface area contributed by atoms with Crippen molar-refractivity contribution >= 4 is 0 Å². The second-order valence-corrected chi connectivity index (χ2v) is 0. The summed E-state index contributed by atoms with van der Waals surface area (Å²) in [5, 5.41) is 0. The summed E-state index contributed by atoms with van der Waals surface area (Å²) < 4.78 is 0. The molecule has 0 aromatic carbocycles. The second kappa shape index (κ2) is 315. The largest absolute Gasteiger partial charge is 2.00 e. The summed E-state index contributed by atoms with van der Waals surface area (Å²) in [7, 11) is 0. The van der Waals surface area contributed by atoms with Gasteiger partial charge in [0.25, 0.3) is 0 Å². The van der Waals surface area contributed by atoms with Gasteiger partial charge in [0.15, 0.2) is 0 Å². The van der Waals surface area contributed by atoms with E-state index in [-0.39, 0.29) is 27.3 Å². The fraction of sp³-hybridized carbons (Fsp3) is 0. The summed E-state index contributed by atoms with van der Waals surface area (Å²) in [5.74, 6) is 0. The first kappa shape index (κ1) is 18.1. The molecule has 0 nitrogen and oxygen atoms in total. The number of rotatable bonds is 0. The third-order valence-corrected chi connectivity index (χ3v) is 0. The topological polar surface area (TPSA) is 0 Å². The maximum absolute atomic E-state index is 4.25. The van der Waals surface area contributed by atoms with Crippen LogP contribution in [0.5, 0.6) is 0 Å². The smallest absolute Gasteiger partial charge is 0.521 e. The number of hydrogen-bond acceptors (Lipinski definition) is 0. The third kappa shape index (κ3) is 157. The standard InChI is InChI=1S/2C2H3.Cd/c2*1-2;/h2*1H,2H2;/q2*-1;+2. The molecule has 1 heteroatoms. The van der Waals surface area contributed by atoms with Crippen molar-refractivity contribution in [3.8, 4) is 0 Å². The molecule has 0 aliphatic carbocycles. The summed E-state index contributed by atoms with van der Waals surface area (Å²) >= 11 is 0. The molecule has 0 atom stereocenters. The molecule has 0 saturated carbocycles. The van der Waals surface area contributed by atoms with E-state index in [1.54, 1.807) is 0 Å². The van der Waals surface area contributed by atoms with E-state index >= 15 is 0 Å². The third-order valence-electron chi connectivity index (χ3n) is 0. The minimum absolute atomic E-state index is 0. The summed E-state index contributed by atoms with van der Waals surface area (Å²) in [6, 6.07) is 0. The molecule has 0 fully saturated rings. The van der Waals surface area contributed by atoms with E-state index in [0.29, 0.717) is 0 Å². The number of hydrogen-bond donors (Lipinski definition) is 0. The van der Waals surface area contributed by atoms with Crippen LogP contribution in [-0.4, -0.2) is 0 Å². The first-order valence-corrected chi connectivity index (χ1v) is 0.816. The van der Waals surface area contributed by atoms with E-state index in [2.05, 4.69) is 26.3 Å². The van der Waals surface area contributed by atoms with Gasteiger partial charge in [-0.25, -0.2) is 0 Å². The van der Waals surface area contributed by atoms with Crippen LogP contribution in [0.4, 0.5) is 0 Å². The van der Waals surface area contributed by atoms with E-state index < -0.39 is 0 Å². The van der Waals surface area contributed by atoms with Crippen LogP contribution < -0.4 is 0 Å². The molecule has 0 N–H and O–H groups in total. The predicted molar refractivity (Wildman–Crippen MR) is 19.9 cm³/mol. The molecule has 0 bridgehead atoms. The minimum Gasteiger partial charge on any atom is -0.521 e. The van der Waals surface area contributed by atoms with Gasteiger partial charge in [0, 0.05) is 0 Å². The van der Waals surface area contributed by atoms with Gasteiger partial charge in [-0.05, 0) is 0 Å². The Morgan fingerprint density at radius 1 is 0.800 bits per heavy atom. The van der Waals surface area contributed by atoms with Crippen LogP contribution in [0.2, 0.25) is 0 Å². The van der Waals surface area contributed by atoms with Gasteiger partial charge in [0.05, 0.1) is 0 Å². The van der Waals surface area contributed by atoms with Crippen LogP contribution >= 0.6 is 0 Å². The molecule has 0 amide bonds. The van der Waals surface area contributed by atoms with Gasteiger partial charge >= 0.3 is 27.3 Å². The Hall–Kier alpha value is 0.402. The molecular weight excluding hydrogens is 160 g/mol. The molecule has 0 radical (unpaired) electrons. The summed E-state index contributed by atoms with van der Waals surface area (Å²) in [5.41, 5.74) is 0. The molecule has 0 rings (SSSR count). The van der Waals surface area contributed by atoms with Crippen LogP contribution in [0.3, 0.4) is 0 Å². The Morgan fingerprint density at radius 2 is 0.800 bits per heavy atom. The fourth-order valence-corrected chi connectivity index (χ4v) is 0. The normalized spacial score (nSPS) is 1.60. The van der Waals surface area contributed by atoms with Crippen LogP contribution in [0.15, 0.2) is 13.2 Å². The van der Waals surface area contributed by atoms with E-state index in [1.165, 1.54) is 0 Å². The summed E-state index contributed by atoms with van der Waals surface area (Å²) in [6.45, 7) is 14.0. The van der Waals surface area contributed by atoms with Crippen LogP contribution in [0.25, 0.3) is 0 Å². The Labute approximate surface area is 53.7 Å². The van der Waals surface area contributed by atoms with E-state index in [4.69, 9.17) is 0 Å². The molecule has 0 unspecified atom stereocenters. The SMILES string of the molecule is [CH-]=C.[CH-]=C.[Cd+2]. The molecule has 0 heterocycles. The van der Waals surface area contributed by atoms with Crippen LogP contribution in [0.1, 0.15) is 0 Å². The van der Waals surface area contributed by atoms with Gasteiger partial charge in [0.2, 0.25) is 0 Å².